The van der Waals surface area contributed by atoms with Gasteiger partial charge in [0.2, 0.25) is 0 Å². The zero-order valence-electron chi connectivity index (χ0n) is 12.6. The number of fused-ring (bicyclic) bond motifs is 2. The second kappa shape index (κ2) is 6.11. The van der Waals surface area contributed by atoms with Gasteiger partial charge in [0.15, 0.2) is 0 Å². The smallest absolute Gasteiger partial charge is 0.0586 e. The highest BCUT2D eigenvalue weighted by atomic mass is 16.5. The van der Waals surface area contributed by atoms with Crippen molar-refractivity contribution in [1.82, 2.24) is 10.2 Å². The summed E-state index contributed by atoms with van der Waals surface area (Å²) in [4.78, 5) is 2.65. The van der Waals surface area contributed by atoms with Gasteiger partial charge in [-0.25, -0.2) is 0 Å². The van der Waals surface area contributed by atoms with E-state index in [1.807, 2.05) is 7.11 Å². The molecule has 1 saturated carbocycles. The molecule has 2 saturated heterocycles. The van der Waals surface area contributed by atoms with Gasteiger partial charge in [0.1, 0.15) is 0 Å². The fourth-order valence-corrected chi connectivity index (χ4v) is 4.60. The minimum absolute atomic E-state index is 0.497. The quantitative estimate of drug-likeness (QED) is 0.849. The number of rotatable bonds is 3. The fourth-order valence-electron chi connectivity index (χ4n) is 4.60. The van der Waals surface area contributed by atoms with Crippen LogP contribution < -0.4 is 5.32 Å². The van der Waals surface area contributed by atoms with E-state index in [4.69, 9.17) is 4.74 Å². The molecule has 1 aliphatic carbocycles. The average Bonchev–Trinajstić information content (AvgIpc) is 2.40. The predicted octanol–water partition coefficient (Wildman–Crippen LogP) is 2.55. The lowest BCUT2D eigenvalue weighted by molar-refractivity contribution is 0.0310. The van der Waals surface area contributed by atoms with E-state index in [-0.39, 0.29) is 0 Å². The lowest BCUT2D eigenvalue weighted by Crippen LogP contribution is -2.56. The maximum Gasteiger partial charge on any atom is 0.0586 e. The van der Waals surface area contributed by atoms with Crippen molar-refractivity contribution in [2.24, 2.45) is 0 Å². The van der Waals surface area contributed by atoms with E-state index in [1.54, 1.807) is 0 Å². The number of methoxy groups -OCH3 is 1. The van der Waals surface area contributed by atoms with Gasteiger partial charge in [0, 0.05) is 31.3 Å². The molecule has 1 N–H and O–H groups in total. The van der Waals surface area contributed by atoms with Gasteiger partial charge in [0.05, 0.1) is 6.10 Å². The number of nitrogens with one attached hydrogen (secondary N) is 1. The van der Waals surface area contributed by atoms with Crippen molar-refractivity contribution in [3.63, 3.8) is 0 Å². The van der Waals surface area contributed by atoms with Gasteiger partial charge in [-0.05, 0) is 58.4 Å². The Hall–Kier alpha value is -0.120. The molecular weight excluding hydrogens is 236 g/mol. The van der Waals surface area contributed by atoms with E-state index in [9.17, 15) is 0 Å². The van der Waals surface area contributed by atoms with Gasteiger partial charge in [-0.15, -0.1) is 0 Å². The summed E-state index contributed by atoms with van der Waals surface area (Å²) in [6.07, 6.45) is 12.6. The van der Waals surface area contributed by atoms with Crippen molar-refractivity contribution in [1.29, 1.82) is 0 Å². The number of piperidine rings is 2. The van der Waals surface area contributed by atoms with Gasteiger partial charge in [-0.1, -0.05) is 6.42 Å². The molecule has 3 aliphatic rings. The van der Waals surface area contributed by atoms with Crippen LogP contribution in [0.15, 0.2) is 0 Å². The van der Waals surface area contributed by atoms with Crippen LogP contribution in [-0.2, 0) is 4.74 Å². The normalized spacial score (nSPS) is 44.2. The first-order valence-corrected chi connectivity index (χ1v) is 8.27. The molecule has 4 unspecified atom stereocenters. The summed E-state index contributed by atoms with van der Waals surface area (Å²) in [6.45, 7) is 0. The summed E-state index contributed by atoms with van der Waals surface area (Å²) in [7, 11) is 4.21. The molecular formula is C16H30N2O. The maximum atomic E-state index is 5.55. The van der Waals surface area contributed by atoms with Gasteiger partial charge < -0.3 is 15.0 Å². The average molecular weight is 266 g/mol. The zero-order chi connectivity index (χ0) is 13.2. The summed E-state index contributed by atoms with van der Waals surface area (Å²) in [6, 6.07) is 3.14. The summed E-state index contributed by atoms with van der Waals surface area (Å²) >= 11 is 0. The van der Waals surface area contributed by atoms with Crippen LogP contribution in [0.5, 0.6) is 0 Å². The molecule has 2 heterocycles. The molecule has 19 heavy (non-hydrogen) atoms. The molecule has 0 spiro atoms. The molecule has 2 aliphatic heterocycles. The second-order valence-electron chi connectivity index (χ2n) is 6.96. The van der Waals surface area contributed by atoms with Crippen LogP contribution in [0.4, 0.5) is 0 Å². The molecule has 0 aromatic rings. The standard InChI is InChI=1S/C16H30N2O/c1-18-14-6-4-7-15(18)10-13(9-14)17-12-5-3-8-16(11-12)19-2/h12-17H,3-11H2,1-2H3. The lowest BCUT2D eigenvalue weighted by atomic mass is 9.81. The molecule has 3 rings (SSSR count). The summed E-state index contributed by atoms with van der Waals surface area (Å²) in [5, 5.41) is 3.96. The monoisotopic (exact) mass is 266 g/mol. The summed E-state index contributed by atoms with van der Waals surface area (Å²) in [5.74, 6) is 0. The molecule has 0 aromatic carbocycles. The van der Waals surface area contributed by atoms with E-state index in [2.05, 4.69) is 17.3 Å². The molecule has 2 bridgehead atoms. The third-order valence-electron chi connectivity index (χ3n) is 5.77. The van der Waals surface area contributed by atoms with Crippen LogP contribution in [0.25, 0.3) is 0 Å². The van der Waals surface area contributed by atoms with E-state index < -0.39 is 0 Å². The van der Waals surface area contributed by atoms with Crippen molar-refractivity contribution in [2.75, 3.05) is 14.2 Å². The summed E-state index contributed by atoms with van der Waals surface area (Å²) < 4.78 is 5.55. The molecule has 3 heteroatoms. The van der Waals surface area contributed by atoms with Crippen molar-refractivity contribution < 1.29 is 4.74 Å². The second-order valence-corrected chi connectivity index (χ2v) is 6.96. The fraction of sp³-hybridized carbons (Fsp3) is 1.00. The Morgan fingerprint density at radius 1 is 0.895 bits per heavy atom. The highest BCUT2D eigenvalue weighted by molar-refractivity contribution is 4.95. The first-order chi connectivity index (χ1) is 9.26. The zero-order valence-corrected chi connectivity index (χ0v) is 12.6. The minimum Gasteiger partial charge on any atom is -0.381 e. The number of hydrogen-bond donors (Lipinski definition) is 1. The predicted molar refractivity (Wildman–Crippen MR) is 78.4 cm³/mol. The Bertz CT molecular complexity index is 282. The Morgan fingerprint density at radius 3 is 2.26 bits per heavy atom. The van der Waals surface area contributed by atoms with Crippen LogP contribution in [0.3, 0.4) is 0 Å². The number of hydrogen-bond acceptors (Lipinski definition) is 3. The molecule has 0 amide bonds. The highest BCUT2D eigenvalue weighted by Gasteiger charge is 2.36. The van der Waals surface area contributed by atoms with Crippen LogP contribution in [0.2, 0.25) is 0 Å². The Morgan fingerprint density at radius 2 is 1.58 bits per heavy atom. The Balaban J connectivity index is 1.53. The molecule has 3 nitrogen and oxygen atoms in total. The Labute approximate surface area is 118 Å². The van der Waals surface area contributed by atoms with Crippen molar-refractivity contribution in [3.05, 3.63) is 0 Å². The molecule has 0 aromatic heterocycles. The third-order valence-corrected chi connectivity index (χ3v) is 5.77. The van der Waals surface area contributed by atoms with Crippen LogP contribution in [0.1, 0.15) is 57.8 Å². The van der Waals surface area contributed by atoms with E-state index in [0.29, 0.717) is 12.1 Å². The SMILES string of the molecule is COC1CCCC(NC2CC3CCCC(C2)N3C)C1. The maximum absolute atomic E-state index is 5.55. The van der Waals surface area contributed by atoms with Crippen LogP contribution >= 0.6 is 0 Å². The molecule has 110 valence electrons. The van der Waals surface area contributed by atoms with Crippen molar-refractivity contribution in [3.8, 4) is 0 Å². The Kier molecular flexibility index (Phi) is 4.45. The van der Waals surface area contributed by atoms with Gasteiger partial charge in [0.25, 0.3) is 0 Å². The van der Waals surface area contributed by atoms with Crippen molar-refractivity contribution in [2.45, 2.75) is 88.1 Å². The van der Waals surface area contributed by atoms with E-state index >= 15 is 0 Å². The minimum atomic E-state index is 0.497. The molecule has 0 radical (unpaired) electrons. The van der Waals surface area contributed by atoms with Gasteiger partial charge in [-0.3, -0.25) is 0 Å². The number of ether oxygens (including phenoxy) is 1. The van der Waals surface area contributed by atoms with E-state index in [1.165, 1.54) is 57.8 Å². The highest BCUT2D eigenvalue weighted by Crippen LogP contribution is 2.33. The van der Waals surface area contributed by atoms with Crippen LogP contribution in [-0.4, -0.2) is 49.3 Å². The van der Waals surface area contributed by atoms with Gasteiger partial charge in [-0.2, -0.15) is 0 Å². The topological polar surface area (TPSA) is 24.5 Å². The number of nitrogens with zero attached hydrogens (tertiary/aromatic N) is 1. The first kappa shape index (κ1) is 13.8. The van der Waals surface area contributed by atoms with E-state index in [0.717, 1.165) is 18.1 Å². The lowest BCUT2D eigenvalue weighted by Gasteiger charge is -2.48. The van der Waals surface area contributed by atoms with Crippen molar-refractivity contribution >= 4 is 0 Å². The van der Waals surface area contributed by atoms with Crippen LogP contribution in [0, 0.1) is 0 Å². The molecule has 4 atom stereocenters. The summed E-state index contributed by atoms with van der Waals surface area (Å²) in [5.41, 5.74) is 0. The molecule has 3 fully saturated rings. The van der Waals surface area contributed by atoms with Gasteiger partial charge >= 0.3 is 0 Å². The third kappa shape index (κ3) is 3.14. The first-order valence-electron chi connectivity index (χ1n) is 8.27. The largest absolute Gasteiger partial charge is 0.381 e.